The number of ether oxygens (including phenoxy) is 2. The minimum Gasteiger partial charge on any atom is -0.460 e. The van der Waals surface area contributed by atoms with Gasteiger partial charge in [-0.05, 0) is 73.8 Å². The summed E-state index contributed by atoms with van der Waals surface area (Å²) >= 11 is 0. The van der Waals surface area contributed by atoms with E-state index in [0.29, 0.717) is 19.3 Å². The SMILES string of the molecule is CCCC[C@H](NC(=O)[C@H](Cc1cccc2ccccc12)NC(=O)OCc1ccccc1)C(=O)N(CC(C)C)[C@@H](CC(C)C)[C@@H](O)C[C@H](CC(=O)OC(C)(C)C)C(N)=O. The van der Waals surface area contributed by atoms with Gasteiger partial charge in [0.1, 0.15) is 24.3 Å². The third-order valence-corrected chi connectivity index (χ3v) is 9.75. The van der Waals surface area contributed by atoms with Gasteiger partial charge in [0.05, 0.1) is 24.5 Å². The molecule has 12 heteroatoms. The molecular weight excluding hydrogens is 737 g/mol. The van der Waals surface area contributed by atoms with E-state index in [1.54, 1.807) is 25.7 Å². The molecule has 3 aromatic carbocycles. The molecule has 3 aromatic rings. The Morgan fingerprint density at radius 2 is 1.48 bits per heavy atom. The first-order chi connectivity index (χ1) is 27.4. The molecule has 0 bridgehead atoms. The number of aliphatic hydroxyl groups is 1. The number of esters is 1. The van der Waals surface area contributed by atoms with Crippen molar-refractivity contribution in [3.63, 3.8) is 0 Å². The zero-order chi connectivity index (χ0) is 43.0. The highest BCUT2D eigenvalue weighted by Crippen LogP contribution is 2.26. The second-order valence-corrected chi connectivity index (χ2v) is 17.1. The van der Waals surface area contributed by atoms with Gasteiger partial charge in [-0.2, -0.15) is 0 Å². The van der Waals surface area contributed by atoms with Crippen molar-refractivity contribution in [2.45, 2.75) is 137 Å². The number of fused-ring (bicyclic) bond motifs is 1. The zero-order valence-electron chi connectivity index (χ0n) is 35.7. The van der Waals surface area contributed by atoms with Gasteiger partial charge in [0.2, 0.25) is 17.7 Å². The highest BCUT2D eigenvalue weighted by Gasteiger charge is 2.38. The number of benzene rings is 3. The number of nitrogens with zero attached hydrogens (tertiary/aromatic N) is 1. The molecule has 0 saturated carbocycles. The topological polar surface area (TPSA) is 177 Å². The molecule has 58 heavy (non-hydrogen) atoms. The van der Waals surface area contributed by atoms with Crippen molar-refractivity contribution in [1.82, 2.24) is 15.5 Å². The van der Waals surface area contributed by atoms with Crippen LogP contribution in [0, 0.1) is 17.8 Å². The van der Waals surface area contributed by atoms with Crippen LogP contribution >= 0.6 is 0 Å². The molecule has 5 atom stereocenters. The molecule has 318 valence electrons. The number of rotatable bonds is 22. The lowest BCUT2D eigenvalue weighted by Gasteiger charge is -2.40. The molecule has 0 unspecified atom stereocenters. The van der Waals surface area contributed by atoms with E-state index in [9.17, 15) is 29.1 Å². The summed E-state index contributed by atoms with van der Waals surface area (Å²) in [5.41, 5.74) is 6.58. The highest BCUT2D eigenvalue weighted by atomic mass is 16.6. The van der Waals surface area contributed by atoms with E-state index >= 15 is 0 Å². The number of carbonyl (C=O) groups excluding carboxylic acids is 5. The van der Waals surface area contributed by atoms with E-state index in [0.717, 1.165) is 28.3 Å². The predicted molar refractivity (Wildman–Crippen MR) is 226 cm³/mol. The molecule has 0 fully saturated rings. The van der Waals surface area contributed by atoms with Gasteiger partial charge >= 0.3 is 12.1 Å². The average Bonchev–Trinajstić information content (AvgIpc) is 3.15. The average molecular weight is 803 g/mol. The number of aliphatic hydroxyl groups excluding tert-OH is 1. The van der Waals surface area contributed by atoms with Crippen LogP contribution < -0.4 is 16.4 Å². The number of alkyl carbamates (subject to hydrolysis) is 1. The van der Waals surface area contributed by atoms with Gasteiger partial charge in [-0.15, -0.1) is 0 Å². The molecule has 3 rings (SSSR count). The summed E-state index contributed by atoms with van der Waals surface area (Å²) in [6, 6.07) is 19.9. The summed E-state index contributed by atoms with van der Waals surface area (Å²) < 4.78 is 11.0. The molecule has 0 aliphatic heterocycles. The van der Waals surface area contributed by atoms with Crippen LogP contribution in [0.4, 0.5) is 4.79 Å². The molecule has 0 spiro atoms. The smallest absolute Gasteiger partial charge is 0.408 e. The normalized spacial score (nSPS) is 14.3. The maximum atomic E-state index is 14.9. The highest BCUT2D eigenvalue weighted by molar-refractivity contribution is 5.93. The minimum atomic E-state index is -1.23. The van der Waals surface area contributed by atoms with Crippen LogP contribution in [0.1, 0.15) is 105 Å². The second kappa shape index (κ2) is 22.8. The lowest BCUT2D eigenvalue weighted by atomic mass is 9.88. The van der Waals surface area contributed by atoms with E-state index in [-0.39, 0.29) is 44.2 Å². The number of hydrogen-bond acceptors (Lipinski definition) is 8. The van der Waals surface area contributed by atoms with Gasteiger partial charge in [0.25, 0.3) is 0 Å². The monoisotopic (exact) mass is 802 g/mol. The first kappa shape index (κ1) is 47.4. The van der Waals surface area contributed by atoms with Crippen molar-refractivity contribution in [1.29, 1.82) is 0 Å². The molecule has 4 amide bonds. The van der Waals surface area contributed by atoms with E-state index in [2.05, 4.69) is 10.6 Å². The fourth-order valence-corrected chi connectivity index (χ4v) is 7.04. The van der Waals surface area contributed by atoms with Crippen LogP contribution in [0.5, 0.6) is 0 Å². The predicted octanol–water partition coefficient (Wildman–Crippen LogP) is 6.84. The fraction of sp³-hybridized carbons (Fsp3) is 0.543. The molecular formula is C46H66N4O8. The summed E-state index contributed by atoms with van der Waals surface area (Å²) in [5.74, 6) is -3.35. The molecule has 0 radical (unpaired) electrons. The van der Waals surface area contributed by atoms with Crippen LogP contribution in [0.2, 0.25) is 0 Å². The van der Waals surface area contributed by atoms with Crippen molar-refractivity contribution in [3.05, 3.63) is 83.9 Å². The first-order valence-electron chi connectivity index (χ1n) is 20.6. The van der Waals surface area contributed by atoms with Gasteiger partial charge in [0.15, 0.2) is 0 Å². The second-order valence-electron chi connectivity index (χ2n) is 17.1. The standard InChI is InChI=1S/C46H66N4O8/c1-9-10-23-37(44(55)50(28-31(4)5)39(24-30(2)3)40(51)26-35(42(47)53)27-41(52)58-46(6,7)8)48-43(54)38(49-45(56)57-29-32-17-12-11-13-18-32)25-34-21-16-20-33-19-14-15-22-36(33)34/h11-22,30-31,35,37-40,51H,9-10,23-29H2,1-8H3,(H2,47,53)(H,48,54)(H,49,56)/t35-,37+,38+,39+,40+/m1/s1. The van der Waals surface area contributed by atoms with Crippen molar-refractivity contribution in [2.75, 3.05) is 6.54 Å². The van der Waals surface area contributed by atoms with Crippen LogP contribution in [0.25, 0.3) is 10.8 Å². The number of amides is 4. The quantitative estimate of drug-likeness (QED) is 0.0799. The molecule has 0 aromatic heterocycles. The fourth-order valence-electron chi connectivity index (χ4n) is 7.04. The Hall–Kier alpha value is -4.97. The third-order valence-electron chi connectivity index (χ3n) is 9.75. The lowest BCUT2D eigenvalue weighted by Crippen LogP contribution is -2.58. The Balaban J connectivity index is 1.96. The van der Waals surface area contributed by atoms with Gasteiger partial charge < -0.3 is 35.8 Å². The summed E-state index contributed by atoms with van der Waals surface area (Å²) in [6.07, 6.45) is -0.317. The van der Waals surface area contributed by atoms with E-state index in [4.69, 9.17) is 15.2 Å². The maximum Gasteiger partial charge on any atom is 0.408 e. The van der Waals surface area contributed by atoms with Gasteiger partial charge in [-0.3, -0.25) is 19.2 Å². The van der Waals surface area contributed by atoms with E-state index in [1.807, 2.05) is 107 Å². The van der Waals surface area contributed by atoms with Gasteiger partial charge in [-0.1, -0.05) is 120 Å². The molecule has 5 N–H and O–H groups in total. The summed E-state index contributed by atoms with van der Waals surface area (Å²) in [7, 11) is 0. The Morgan fingerprint density at radius 3 is 2.10 bits per heavy atom. The minimum absolute atomic E-state index is 0.00496. The Kier molecular flexibility index (Phi) is 18.7. The van der Waals surface area contributed by atoms with Crippen LogP contribution in [0.15, 0.2) is 72.8 Å². The number of nitrogens with two attached hydrogens (primary N) is 1. The van der Waals surface area contributed by atoms with Gasteiger partial charge in [-0.25, -0.2) is 4.79 Å². The van der Waals surface area contributed by atoms with Crippen molar-refractivity contribution in [3.8, 4) is 0 Å². The Bertz CT molecular complexity index is 1790. The number of nitrogens with one attached hydrogen (secondary N) is 2. The van der Waals surface area contributed by atoms with Gasteiger partial charge in [0, 0.05) is 13.0 Å². The molecule has 0 aliphatic rings. The van der Waals surface area contributed by atoms with E-state index in [1.165, 1.54) is 0 Å². The van der Waals surface area contributed by atoms with Crippen LogP contribution in [-0.2, 0) is 41.7 Å². The first-order valence-corrected chi connectivity index (χ1v) is 20.6. The zero-order valence-corrected chi connectivity index (χ0v) is 35.7. The van der Waals surface area contributed by atoms with Crippen molar-refractivity contribution >= 4 is 40.6 Å². The molecule has 0 heterocycles. The Labute approximate surface area is 344 Å². The largest absolute Gasteiger partial charge is 0.460 e. The van der Waals surface area contributed by atoms with Crippen molar-refractivity contribution in [2.24, 2.45) is 23.5 Å². The van der Waals surface area contributed by atoms with Crippen molar-refractivity contribution < 1.29 is 38.6 Å². The molecule has 0 aliphatic carbocycles. The number of carbonyl (C=O) groups is 5. The molecule has 12 nitrogen and oxygen atoms in total. The number of primary amides is 1. The van der Waals surface area contributed by atoms with E-state index < -0.39 is 65.5 Å². The summed E-state index contributed by atoms with van der Waals surface area (Å²) in [4.78, 5) is 69.5. The Morgan fingerprint density at radius 1 is 0.828 bits per heavy atom. The number of unbranched alkanes of at least 4 members (excludes halogenated alkanes) is 1. The summed E-state index contributed by atoms with van der Waals surface area (Å²) in [5, 5.41) is 19.5. The number of hydrogen-bond donors (Lipinski definition) is 4. The third kappa shape index (κ3) is 15.8. The summed E-state index contributed by atoms with van der Waals surface area (Å²) in [6.45, 7) is 15.3. The van der Waals surface area contributed by atoms with Crippen LogP contribution in [-0.4, -0.2) is 76.2 Å². The lowest BCUT2D eigenvalue weighted by molar-refractivity contribution is -0.158. The van der Waals surface area contributed by atoms with Crippen LogP contribution in [0.3, 0.4) is 0 Å². The maximum absolute atomic E-state index is 14.9. The molecule has 0 saturated heterocycles.